The molecule has 0 radical (unpaired) electrons. The Morgan fingerprint density at radius 2 is 2.22 bits per heavy atom. The van der Waals surface area contributed by atoms with E-state index in [0.29, 0.717) is 13.0 Å². The van der Waals surface area contributed by atoms with Crippen LogP contribution in [0.3, 0.4) is 0 Å². The van der Waals surface area contributed by atoms with Crippen LogP contribution in [0.4, 0.5) is 0 Å². The Morgan fingerprint density at radius 1 is 1.56 bits per heavy atom. The van der Waals surface area contributed by atoms with Crippen LogP contribution in [0.1, 0.15) is 20.3 Å². The molecule has 0 spiro atoms. The molecule has 0 aliphatic heterocycles. The molecule has 0 aromatic heterocycles. The van der Waals surface area contributed by atoms with Crippen molar-refractivity contribution in [1.29, 1.82) is 0 Å². The normalized spacial score (nSPS) is 10.1. The van der Waals surface area contributed by atoms with Gasteiger partial charge >= 0.3 is 0 Å². The quantitative estimate of drug-likeness (QED) is 0.241. The van der Waals surface area contributed by atoms with E-state index in [9.17, 15) is 4.79 Å². The second kappa shape index (κ2) is 5.72. The minimum absolute atomic E-state index is 0.0663. The maximum absolute atomic E-state index is 9.71. The number of carbonyl (C=O) groups excluding carboxylic acids is 1. The fourth-order valence-corrected chi connectivity index (χ4v) is 0.280. The van der Waals surface area contributed by atoms with Crippen LogP contribution < -0.4 is 0 Å². The molecule has 3 heteroatoms. The molecule has 9 heavy (non-hydrogen) atoms. The summed E-state index contributed by atoms with van der Waals surface area (Å²) in [7, 11) is 0. The Balaban J connectivity index is 2.82. The molecule has 0 rings (SSSR count). The minimum atomic E-state index is 0.0663. The van der Waals surface area contributed by atoms with Gasteiger partial charge in [0.25, 0.3) is 0 Å². The lowest BCUT2D eigenvalue weighted by molar-refractivity contribution is -0.315. The highest BCUT2D eigenvalue weighted by Gasteiger charge is 1.91. The molecule has 0 aliphatic carbocycles. The Morgan fingerprint density at radius 3 is 2.67 bits per heavy atom. The van der Waals surface area contributed by atoms with E-state index in [-0.39, 0.29) is 6.10 Å². The lowest BCUT2D eigenvalue weighted by Crippen LogP contribution is -2.04. The summed E-state index contributed by atoms with van der Waals surface area (Å²) in [5.74, 6) is 0. The summed E-state index contributed by atoms with van der Waals surface area (Å²) >= 11 is 0. The molecule has 0 bridgehead atoms. The smallest absolute Gasteiger partial charge is 0.122 e. The first-order chi connectivity index (χ1) is 4.27. The summed E-state index contributed by atoms with van der Waals surface area (Å²) < 4.78 is 0. The maximum atomic E-state index is 9.71. The van der Waals surface area contributed by atoms with Crippen molar-refractivity contribution in [2.75, 3.05) is 6.61 Å². The van der Waals surface area contributed by atoms with Crippen LogP contribution in [-0.2, 0) is 14.6 Å². The first-order valence-corrected chi connectivity index (χ1v) is 2.99. The predicted octanol–water partition coefficient (Wildman–Crippen LogP) is 0.932. The van der Waals surface area contributed by atoms with Crippen molar-refractivity contribution < 1.29 is 14.6 Å². The average molecular weight is 132 g/mol. The summed E-state index contributed by atoms with van der Waals surface area (Å²) in [6.45, 7) is 4.07. The van der Waals surface area contributed by atoms with Crippen LogP contribution in [0.15, 0.2) is 0 Å². The molecule has 0 saturated heterocycles. The summed E-state index contributed by atoms with van der Waals surface area (Å²) in [5, 5.41) is 0. The van der Waals surface area contributed by atoms with Gasteiger partial charge in [0.15, 0.2) is 0 Å². The Labute approximate surface area is 54.9 Å². The first kappa shape index (κ1) is 8.59. The summed E-state index contributed by atoms with van der Waals surface area (Å²) in [5.41, 5.74) is 0. The Bertz CT molecular complexity index is 70.7. The molecule has 0 atom stereocenters. The molecular formula is C6H12O3. The number of aldehydes is 1. The largest absolute Gasteiger partial charge is 0.303 e. The van der Waals surface area contributed by atoms with Gasteiger partial charge in [-0.05, 0) is 13.8 Å². The van der Waals surface area contributed by atoms with E-state index in [4.69, 9.17) is 0 Å². The molecule has 54 valence electrons. The van der Waals surface area contributed by atoms with Gasteiger partial charge in [-0.3, -0.25) is 0 Å². The second-order valence-corrected chi connectivity index (χ2v) is 1.92. The SMILES string of the molecule is CC(C)OOCCC=O. The molecule has 3 nitrogen and oxygen atoms in total. The fraction of sp³-hybridized carbons (Fsp3) is 0.833. The first-order valence-electron chi connectivity index (χ1n) is 2.99. The number of hydrogen-bond acceptors (Lipinski definition) is 3. The third-order valence-corrected chi connectivity index (χ3v) is 0.580. The van der Waals surface area contributed by atoms with Crippen LogP contribution >= 0.6 is 0 Å². The Hall–Kier alpha value is -0.410. The van der Waals surface area contributed by atoms with Gasteiger partial charge in [-0.1, -0.05) is 0 Å². The van der Waals surface area contributed by atoms with E-state index >= 15 is 0 Å². The van der Waals surface area contributed by atoms with Gasteiger partial charge < -0.3 is 4.79 Å². The standard InChI is InChI=1S/C6H12O3/c1-6(2)9-8-5-3-4-7/h4,6H,3,5H2,1-2H3. The van der Waals surface area contributed by atoms with Crippen LogP contribution in [0.2, 0.25) is 0 Å². The zero-order chi connectivity index (χ0) is 7.11. The van der Waals surface area contributed by atoms with Crippen molar-refractivity contribution in [3.05, 3.63) is 0 Å². The molecule has 0 aliphatic rings. The van der Waals surface area contributed by atoms with Crippen molar-refractivity contribution in [2.24, 2.45) is 0 Å². The van der Waals surface area contributed by atoms with Gasteiger partial charge in [0.05, 0.1) is 12.7 Å². The highest BCUT2D eigenvalue weighted by atomic mass is 17.2. The summed E-state index contributed by atoms with van der Waals surface area (Å²) in [6.07, 6.45) is 1.26. The molecule has 0 aromatic rings. The Kier molecular flexibility index (Phi) is 5.46. The zero-order valence-electron chi connectivity index (χ0n) is 5.79. The topological polar surface area (TPSA) is 35.5 Å². The van der Waals surface area contributed by atoms with Crippen molar-refractivity contribution in [3.8, 4) is 0 Å². The minimum Gasteiger partial charge on any atom is -0.303 e. The van der Waals surface area contributed by atoms with Gasteiger partial charge in [0, 0.05) is 6.42 Å². The molecular weight excluding hydrogens is 120 g/mol. The maximum Gasteiger partial charge on any atom is 0.122 e. The number of rotatable bonds is 5. The van der Waals surface area contributed by atoms with E-state index in [1.54, 1.807) is 0 Å². The number of hydrogen-bond donors (Lipinski definition) is 0. The highest BCUT2D eigenvalue weighted by Crippen LogP contribution is 1.88. The molecule has 0 saturated carbocycles. The van der Waals surface area contributed by atoms with Crippen LogP contribution in [0.5, 0.6) is 0 Å². The van der Waals surface area contributed by atoms with Gasteiger partial charge in [-0.25, -0.2) is 9.78 Å². The predicted molar refractivity (Wildman–Crippen MR) is 32.9 cm³/mol. The van der Waals surface area contributed by atoms with Gasteiger partial charge in [-0.15, -0.1) is 0 Å². The third-order valence-electron chi connectivity index (χ3n) is 0.580. The van der Waals surface area contributed by atoms with E-state index < -0.39 is 0 Å². The summed E-state index contributed by atoms with van der Waals surface area (Å²) in [4.78, 5) is 19.0. The van der Waals surface area contributed by atoms with Gasteiger partial charge in [-0.2, -0.15) is 0 Å². The molecule has 0 heterocycles. The molecule has 0 unspecified atom stereocenters. The van der Waals surface area contributed by atoms with E-state index in [1.807, 2.05) is 13.8 Å². The molecule has 0 N–H and O–H groups in total. The van der Waals surface area contributed by atoms with Crippen molar-refractivity contribution in [1.82, 2.24) is 0 Å². The van der Waals surface area contributed by atoms with Crippen LogP contribution in [0, 0.1) is 0 Å². The summed E-state index contributed by atoms with van der Waals surface area (Å²) in [6, 6.07) is 0. The second-order valence-electron chi connectivity index (χ2n) is 1.92. The van der Waals surface area contributed by atoms with Crippen molar-refractivity contribution in [2.45, 2.75) is 26.4 Å². The lowest BCUT2D eigenvalue weighted by atomic mass is 10.5. The van der Waals surface area contributed by atoms with Crippen molar-refractivity contribution in [3.63, 3.8) is 0 Å². The molecule has 0 fully saturated rings. The van der Waals surface area contributed by atoms with Gasteiger partial charge in [0.1, 0.15) is 6.29 Å². The lowest BCUT2D eigenvalue weighted by Gasteiger charge is -2.03. The molecule has 0 aromatic carbocycles. The monoisotopic (exact) mass is 132 g/mol. The van der Waals surface area contributed by atoms with Crippen LogP contribution in [-0.4, -0.2) is 19.0 Å². The zero-order valence-corrected chi connectivity index (χ0v) is 5.79. The van der Waals surface area contributed by atoms with Gasteiger partial charge in [0.2, 0.25) is 0 Å². The van der Waals surface area contributed by atoms with E-state index in [1.165, 1.54) is 0 Å². The van der Waals surface area contributed by atoms with Crippen molar-refractivity contribution >= 4 is 6.29 Å². The van der Waals surface area contributed by atoms with E-state index in [2.05, 4.69) is 9.78 Å². The number of carbonyl (C=O) groups is 1. The molecule has 0 amide bonds. The fourth-order valence-electron chi connectivity index (χ4n) is 0.280. The average Bonchev–Trinajstić information content (AvgIpc) is 1.80. The third kappa shape index (κ3) is 7.59. The van der Waals surface area contributed by atoms with Crippen LogP contribution in [0.25, 0.3) is 0 Å². The van der Waals surface area contributed by atoms with E-state index in [0.717, 1.165) is 6.29 Å². The highest BCUT2D eigenvalue weighted by molar-refractivity contribution is 5.49.